The topological polar surface area (TPSA) is 73.3 Å². The normalized spacial score (nSPS) is 19.0. The van der Waals surface area contributed by atoms with Crippen LogP contribution in [0.4, 0.5) is 14.5 Å². The number of ether oxygens (including phenoxy) is 1. The zero-order valence-electron chi connectivity index (χ0n) is 26.0. The van der Waals surface area contributed by atoms with Gasteiger partial charge in [-0.15, -0.1) is 0 Å². The molecule has 2 aromatic carbocycles. The minimum Gasteiger partial charge on any atom is -0.497 e. The number of anilines is 1. The van der Waals surface area contributed by atoms with Crippen LogP contribution in [0.15, 0.2) is 55.1 Å². The van der Waals surface area contributed by atoms with Gasteiger partial charge in [-0.05, 0) is 92.3 Å². The molecule has 43 heavy (non-hydrogen) atoms. The molecular formula is C34H45F2N3O4. The van der Waals surface area contributed by atoms with Gasteiger partial charge in [0.1, 0.15) is 5.75 Å². The molecule has 9 heteroatoms. The van der Waals surface area contributed by atoms with Gasteiger partial charge in [0, 0.05) is 57.1 Å². The van der Waals surface area contributed by atoms with Crippen LogP contribution in [0.25, 0.3) is 0 Å². The molecule has 4 rings (SSSR count). The van der Waals surface area contributed by atoms with Crippen molar-refractivity contribution in [3.8, 4) is 5.75 Å². The highest BCUT2D eigenvalue weighted by atomic mass is 19.3. The molecule has 2 saturated heterocycles. The quantitative estimate of drug-likeness (QED) is 0.379. The van der Waals surface area contributed by atoms with Crippen LogP contribution in [-0.2, 0) is 10.4 Å². The molecule has 0 bridgehead atoms. The molecule has 2 amide bonds. The van der Waals surface area contributed by atoms with Crippen LogP contribution in [0.1, 0.15) is 60.5 Å². The van der Waals surface area contributed by atoms with E-state index in [1.807, 2.05) is 19.1 Å². The van der Waals surface area contributed by atoms with Crippen molar-refractivity contribution in [3.05, 3.63) is 71.8 Å². The van der Waals surface area contributed by atoms with Crippen LogP contribution in [0.2, 0.25) is 0 Å². The highest BCUT2D eigenvalue weighted by Gasteiger charge is 2.59. The summed E-state index contributed by atoms with van der Waals surface area (Å²) in [6.07, 6.45) is 4.76. The second-order valence-electron chi connectivity index (χ2n) is 12.7. The number of hydrogen-bond acceptors (Lipinski definition) is 5. The van der Waals surface area contributed by atoms with Crippen molar-refractivity contribution in [3.63, 3.8) is 0 Å². The smallest absolute Gasteiger partial charge is 0.307 e. The Morgan fingerprint density at radius 2 is 1.77 bits per heavy atom. The zero-order valence-corrected chi connectivity index (χ0v) is 26.0. The first-order valence-electron chi connectivity index (χ1n) is 15.0. The van der Waals surface area contributed by atoms with Crippen molar-refractivity contribution >= 4 is 17.5 Å². The van der Waals surface area contributed by atoms with E-state index in [1.54, 1.807) is 25.1 Å². The molecule has 0 saturated carbocycles. The molecule has 2 fully saturated rings. The predicted molar refractivity (Wildman–Crippen MR) is 165 cm³/mol. The van der Waals surface area contributed by atoms with Crippen molar-refractivity contribution in [2.75, 3.05) is 52.3 Å². The Bertz CT molecular complexity index is 1330. The average Bonchev–Trinajstić information content (AvgIpc) is 3.00. The molecule has 0 aromatic heterocycles. The standard InChI is InChI=1S/C34H45F2N3O4/c1-7-33(35,36)34(42,26-9-8-10-28(22-26)43-6)31(41)39-19-15-32(3,16-20-39)23-25-13-17-38(18-14-25)27-11-12-29(24(2)21-27)30(40)37(4)5/h7-12,21-22,25,42H,1,13-20,23H2,2-6H3/t34-/m1/s1. The van der Waals surface area contributed by atoms with E-state index in [0.717, 1.165) is 49.2 Å². The van der Waals surface area contributed by atoms with Gasteiger partial charge in [-0.1, -0.05) is 25.6 Å². The number of alkyl halides is 2. The van der Waals surface area contributed by atoms with Crippen LogP contribution in [0.3, 0.4) is 0 Å². The van der Waals surface area contributed by atoms with Gasteiger partial charge in [0.15, 0.2) is 0 Å². The zero-order chi connectivity index (χ0) is 31.6. The number of amides is 2. The Hall–Kier alpha value is -3.46. The van der Waals surface area contributed by atoms with Crippen molar-refractivity contribution in [1.82, 2.24) is 9.80 Å². The van der Waals surface area contributed by atoms with Gasteiger partial charge in [-0.3, -0.25) is 9.59 Å². The highest BCUT2D eigenvalue weighted by Crippen LogP contribution is 2.44. The van der Waals surface area contributed by atoms with Crippen LogP contribution < -0.4 is 9.64 Å². The molecule has 1 atom stereocenters. The van der Waals surface area contributed by atoms with Crippen LogP contribution in [0, 0.1) is 18.3 Å². The molecule has 2 aliphatic heterocycles. The molecule has 1 N–H and O–H groups in total. The molecule has 0 aliphatic carbocycles. The molecule has 234 valence electrons. The minimum atomic E-state index is -3.88. The van der Waals surface area contributed by atoms with Crippen LogP contribution in [-0.4, -0.2) is 80.0 Å². The van der Waals surface area contributed by atoms with Crippen molar-refractivity contribution in [2.45, 2.75) is 57.5 Å². The average molecular weight is 598 g/mol. The highest BCUT2D eigenvalue weighted by molar-refractivity contribution is 5.95. The van der Waals surface area contributed by atoms with E-state index in [4.69, 9.17) is 4.74 Å². The number of nitrogens with zero attached hydrogens (tertiary/aromatic N) is 3. The minimum absolute atomic E-state index is 0.00291. The third-order valence-corrected chi connectivity index (χ3v) is 9.40. The summed E-state index contributed by atoms with van der Waals surface area (Å²) < 4.78 is 35.5. The molecule has 7 nitrogen and oxygen atoms in total. The van der Waals surface area contributed by atoms with E-state index in [1.165, 1.54) is 30.2 Å². The molecule has 2 aliphatic rings. The van der Waals surface area contributed by atoms with Crippen LogP contribution in [0.5, 0.6) is 5.75 Å². The number of likely N-dealkylation sites (tertiary alicyclic amines) is 1. The maximum atomic E-state index is 15.2. The van der Waals surface area contributed by atoms with Gasteiger partial charge in [0.2, 0.25) is 5.60 Å². The van der Waals surface area contributed by atoms with Gasteiger partial charge >= 0.3 is 5.92 Å². The number of rotatable bonds is 9. The number of methoxy groups -OCH3 is 1. The van der Waals surface area contributed by atoms with E-state index < -0.39 is 17.4 Å². The largest absolute Gasteiger partial charge is 0.497 e. The second-order valence-corrected chi connectivity index (χ2v) is 12.7. The number of aryl methyl sites for hydroxylation is 1. The number of piperidine rings is 2. The van der Waals surface area contributed by atoms with E-state index in [0.29, 0.717) is 37.9 Å². The van der Waals surface area contributed by atoms with Crippen molar-refractivity contribution < 1.29 is 28.2 Å². The van der Waals surface area contributed by atoms with E-state index in [-0.39, 0.29) is 22.6 Å². The lowest BCUT2D eigenvalue weighted by Crippen LogP contribution is -2.58. The second kappa shape index (κ2) is 12.6. The monoisotopic (exact) mass is 597 g/mol. The molecule has 0 spiro atoms. The fourth-order valence-electron chi connectivity index (χ4n) is 6.55. The van der Waals surface area contributed by atoms with Gasteiger partial charge in [-0.2, -0.15) is 8.78 Å². The number of benzene rings is 2. The van der Waals surface area contributed by atoms with E-state index >= 15 is 8.78 Å². The van der Waals surface area contributed by atoms with Gasteiger partial charge < -0.3 is 24.5 Å². The molecule has 2 aromatic rings. The lowest BCUT2D eigenvalue weighted by Gasteiger charge is -2.45. The third-order valence-electron chi connectivity index (χ3n) is 9.40. The van der Waals surface area contributed by atoms with Gasteiger partial charge in [0.25, 0.3) is 11.8 Å². The van der Waals surface area contributed by atoms with Crippen molar-refractivity contribution in [2.24, 2.45) is 11.3 Å². The Balaban J connectivity index is 1.37. The fourth-order valence-corrected chi connectivity index (χ4v) is 6.55. The number of hydrogen-bond donors (Lipinski definition) is 1. The summed E-state index contributed by atoms with van der Waals surface area (Å²) in [5.41, 5.74) is -0.517. The summed E-state index contributed by atoms with van der Waals surface area (Å²) in [4.78, 5) is 31.3. The predicted octanol–water partition coefficient (Wildman–Crippen LogP) is 5.65. The SMILES string of the molecule is C=CC(F)(F)[C@](O)(C(=O)N1CCC(C)(CC2CCN(c3ccc(C(=O)N(C)C)c(C)c3)CC2)CC1)c1cccc(OC)c1. The van der Waals surface area contributed by atoms with Gasteiger partial charge in [0.05, 0.1) is 7.11 Å². The summed E-state index contributed by atoms with van der Waals surface area (Å²) >= 11 is 0. The molecule has 2 heterocycles. The summed E-state index contributed by atoms with van der Waals surface area (Å²) in [6, 6.07) is 11.7. The Morgan fingerprint density at radius 3 is 2.33 bits per heavy atom. The lowest BCUT2D eigenvalue weighted by atomic mass is 9.71. The molecule has 0 unspecified atom stereocenters. The van der Waals surface area contributed by atoms with Gasteiger partial charge in [-0.25, -0.2) is 0 Å². The summed E-state index contributed by atoms with van der Waals surface area (Å²) in [5.74, 6) is -4.10. The van der Waals surface area contributed by atoms with E-state index in [2.05, 4.69) is 24.5 Å². The van der Waals surface area contributed by atoms with Crippen molar-refractivity contribution in [1.29, 1.82) is 0 Å². The number of carbonyl (C=O) groups is 2. The maximum Gasteiger partial charge on any atom is 0.307 e. The summed E-state index contributed by atoms with van der Waals surface area (Å²) in [7, 11) is 4.91. The third kappa shape index (κ3) is 6.56. The summed E-state index contributed by atoms with van der Waals surface area (Å²) in [6.45, 7) is 9.84. The summed E-state index contributed by atoms with van der Waals surface area (Å²) in [5, 5.41) is 11.4. The molecular weight excluding hydrogens is 552 g/mol. The fraction of sp³-hybridized carbons (Fsp3) is 0.529. The number of aliphatic hydroxyl groups is 1. The number of carbonyl (C=O) groups excluding carboxylic acids is 2. The molecule has 0 radical (unpaired) electrons. The Kier molecular flexibility index (Phi) is 9.54. The maximum absolute atomic E-state index is 15.2. The first-order chi connectivity index (χ1) is 20.2. The lowest BCUT2D eigenvalue weighted by molar-refractivity contribution is -0.191. The Labute approximate surface area is 254 Å². The Morgan fingerprint density at radius 1 is 1.12 bits per heavy atom. The van der Waals surface area contributed by atoms with E-state index in [9.17, 15) is 14.7 Å². The first kappa shape index (κ1) is 32.5. The number of halogens is 2. The van der Waals surface area contributed by atoms with Crippen LogP contribution >= 0.6 is 0 Å². The first-order valence-corrected chi connectivity index (χ1v) is 15.0.